The molecular formula is C23H32N2. The van der Waals surface area contributed by atoms with Gasteiger partial charge in [-0.25, -0.2) is 0 Å². The molecule has 2 aliphatic rings. The zero-order valence-electron chi connectivity index (χ0n) is 16.2. The minimum Gasteiger partial charge on any atom is -0.261 e. The maximum Gasteiger partial charge on any atom is 0.0469 e. The molecule has 0 radical (unpaired) electrons. The van der Waals surface area contributed by atoms with E-state index < -0.39 is 0 Å². The Bertz CT molecular complexity index is 690. The third-order valence-electron chi connectivity index (χ3n) is 5.85. The Hall–Kier alpha value is -1.70. The Kier molecular flexibility index (Phi) is 5.88. The molecular weight excluding hydrogens is 304 g/mol. The molecule has 2 nitrogen and oxygen atoms in total. The summed E-state index contributed by atoms with van der Waals surface area (Å²) in [6.07, 6.45) is 10.3. The number of aromatic nitrogens is 2. The Morgan fingerprint density at radius 3 is 1.84 bits per heavy atom. The summed E-state index contributed by atoms with van der Waals surface area (Å²) in [7, 11) is 0. The highest BCUT2D eigenvalue weighted by molar-refractivity contribution is 5.29. The van der Waals surface area contributed by atoms with Gasteiger partial charge in [0.25, 0.3) is 0 Å². The normalized spacial score (nSPS) is 21.5. The molecule has 0 spiro atoms. The molecule has 2 unspecified atom stereocenters. The standard InChI is InChI=1S/C12H17N.C11H15N/c1-9(2)11-7-3-5-10-6-4-8-13-12(10)11;1-8(2)10-6-5-9-4-3-7-12-11(9)10/h4,6,8-9,11H,3,5,7H2,1-2H3;3-4,7-8,10H,5-6H2,1-2H3. The van der Waals surface area contributed by atoms with E-state index in [1.54, 1.807) is 0 Å². The van der Waals surface area contributed by atoms with Gasteiger partial charge < -0.3 is 0 Å². The van der Waals surface area contributed by atoms with Crippen LogP contribution in [-0.2, 0) is 12.8 Å². The van der Waals surface area contributed by atoms with Gasteiger partial charge in [-0.2, -0.15) is 0 Å². The second kappa shape index (κ2) is 8.12. The largest absolute Gasteiger partial charge is 0.261 e. The SMILES string of the molecule is CC(C)C1CCCc2cccnc21.CC(C)C1CCc2cccnc21. The second-order valence-corrected chi connectivity index (χ2v) is 8.23. The monoisotopic (exact) mass is 336 g/mol. The summed E-state index contributed by atoms with van der Waals surface area (Å²) in [6.45, 7) is 9.17. The summed E-state index contributed by atoms with van der Waals surface area (Å²) in [5.41, 5.74) is 5.67. The van der Waals surface area contributed by atoms with Crippen LogP contribution in [0, 0.1) is 11.8 Å². The Balaban J connectivity index is 0.000000146. The highest BCUT2D eigenvalue weighted by Crippen LogP contribution is 2.36. The zero-order valence-corrected chi connectivity index (χ0v) is 16.2. The van der Waals surface area contributed by atoms with Gasteiger partial charge in [0.15, 0.2) is 0 Å². The van der Waals surface area contributed by atoms with E-state index in [1.165, 1.54) is 54.6 Å². The average Bonchev–Trinajstić information content (AvgIpc) is 3.06. The van der Waals surface area contributed by atoms with Crippen LogP contribution >= 0.6 is 0 Å². The highest BCUT2D eigenvalue weighted by atomic mass is 14.7. The van der Waals surface area contributed by atoms with Gasteiger partial charge in [0, 0.05) is 35.6 Å². The van der Waals surface area contributed by atoms with Crippen LogP contribution < -0.4 is 0 Å². The number of nitrogens with zero attached hydrogens (tertiary/aromatic N) is 2. The van der Waals surface area contributed by atoms with Crippen molar-refractivity contribution in [3.8, 4) is 0 Å². The first-order chi connectivity index (χ1) is 12.1. The first-order valence-electron chi connectivity index (χ1n) is 9.95. The molecule has 2 aliphatic carbocycles. The van der Waals surface area contributed by atoms with Crippen LogP contribution in [0.5, 0.6) is 0 Å². The minimum absolute atomic E-state index is 0.699. The number of fused-ring (bicyclic) bond motifs is 2. The van der Waals surface area contributed by atoms with Crippen molar-refractivity contribution >= 4 is 0 Å². The number of hydrogen-bond acceptors (Lipinski definition) is 2. The molecule has 2 heteroatoms. The predicted octanol–water partition coefficient (Wildman–Crippen LogP) is 5.92. The lowest BCUT2D eigenvalue weighted by Gasteiger charge is -2.26. The van der Waals surface area contributed by atoms with Crippen molar-refractivity contribution < 1.29 is 0 Å². The van der Waals surface area contributed by atoms with E-state index in [0.717, 1.165) is 11.8 Å². The van der Waals surface area contributed by atoms with E-state index in [2.05, 4.69) is 55.9 Å². The molecule has 0 N–H and O–H groups in total. The van der Waals surface area contributed by atoms with Crippen molar-refractivity contribution in [3.63, 3.8) is 0 Å². The smallest absolute Gasteiger partial charge is 0.0469 e. The molecule has 2 aromatic rings. The van der Waals surface area contributed by atoms with Gasteiger partial charge in [0.1, 0.15) is 0 Å². The van der Waals surface area contributed by atoms with Crippen molar-refractivity contribution in [3.05, 3.63) is 59.2 Å². The number of rotatable bonds is 2. The third kappa shape index (κ3) is 4.11. The van der Waals surface area contributed by atoms with Gasteiger partial charge in [-0.3, -0.25) is 9.97 Å². The number of hydrogen-bond donors (Lipinski definition) is 0. The van der Waals surface area contributed by atoms with Crippen molar-refractivity contribution in [2.24, 2.45) is 11.8 Å². The molecule has 0 amide bonds. The average molecular weight is 337 g/mol. The fourth-order valence-corrected chi connectivity index (χ4v) is 4.39. The number of aryl methyl sites for hydroxylation is 2. The van der Waals surface area contributed by atoms with E-state index >= 15 is 0 Å². The van der Waals surface area contributed by atoms with E-state index in [9.17, 15) is 0 Å². The summed E-state index contributed by atoms with van der Waals surface area (Å²) in [6, 6.07) is 8.55. The van der Waals surface area contributed by atoms with Gasteiger partial charge >= 0.3 is 0 Å². The molecule has 25 heavy (non-hydrogen) atoms. The molecule has 2 heterocycles. The van der Waals surface area contributed by atoms with Crippen LogP contribution in [0.1, 0.15) is 81.3 Å². The van der Waals surface area contributed by atoms with Crippen molar-refractivity contribution in [2.75, 3.05) is 0 Å². The van der Waals surface area contributed by atoms with E-state index in [0.29, 0.717) is 11.8 Å². The fourth-order valence-electron chi connectivity index (χ4n) is 4.39. The topological polar surface area (TPSA) is 25.8 Å². The first kappa shape index (κ1) is 18.1. The second-order valence-electron chi connectivity index (χ2n) is 8.23. The molecule has 0 saturated heterocycles. The Morgan fingerprint density at radius 1 is 0.760 bits per heavy atom. The van der Waals surface area contributed by atoms with Gasteiger partial charge in [0.05, 0.1) is 0 Å². The predicted molar refractivity (Wildman–Crippen MR) is 105 cm³/mol. The molecule has 2 atom stereocenters. The lowest BCUT2D eigenvalue weighted by atomic mass is 9.80. The van der Waals surface area contributed by atoms with Crippen molar-refractivity contribution in [1.82, 2.24) is 9.97 Å². The van der Waals surface area contributed by atoms with Crippen molar-refractivity contribution in [2.45, 2.75) is 71.6 Å². The van der Waals surface area contributed by atoms with Gasteiger partial charge in [-0.05, 0) is 67.2 Å². The molecule has 0 aliphatic heterocycles. The van der Waals surface area contributed by atoms with Crippen LogP contribution in [-0.4, -0.2) is 9.97 Å². The molecule has 4 rings (SSSR count). The lowest BCUT2D eigenvalue weighted by Crippen LogP contribution is -2.16. The molecule has 2 aromatic heterocycles. The van der Waals surface area contributed by atoms with Gasteiger partial charge in [-0.1, -0.05) is 39.8 Å². The van der Waals surface area contributed by atoms with E-state index in [-0.39, 0.29) is 0 Å². The van der Waals surface area contributed by atoms with Crippen molar-refractivity contribution in [1.29, 1.82) is 0 Å². The molecule has 0 fully saturated rings. The summed E-state index contributed by atoms with van der Waals surface area (Å²) in [5.74, 6) is 2.88. The highest BCUT2D eigenvalue weighted by Gasteiger charge is 2.25. The van der Waals surface area contributed by atoms with Crippen LogP contribution in [0.3, 0.4) is 0 Å². The third-order valence-corrected chi connectivity index (χ3v) is 5.85. The first-order valence-corrected chi connectivity index (χ1v) is 9.95. The summed E-state index contributed by atoms with van der Waals surface area (Å²) >= 11 is 0. The van der Waals surface area contributed by atoms with E-state index in [1.807, 2.05) is 18.5 Å². The molecule has 0 aromatic carbocycles. The quantitative estimate of drug-likeness (QED) is 0.680. The van der Waals surface area contributed by atoms with Gasteiger partial charge in [0.2, 0.25) is 0 Å². The molecule has 134 valence electrons. The summed E-state index contributed by atoms with van der Waals surface area (Å²) in [5, 5.41) is 0. The molecule has 0 bridgehead atoms. The number of pyridine rings is 2. The Morgan fingerprint density at radius 2 is 1.28 bits per heavy atom. The summed E-state index contributed by atoms with van der Waals surface area (Å²) < 4.78 is 0. The maximum atomic E-state index is 4.52. The van der Waals surface area contributed by atoms with E-state index in [4.69, 9.17) is 0 Å². The summed E-state index contributed by atoms with van der Waals surface area (Å²) in [4.78, 5) is 8.98. The van der Waals surface area contributed by atoms with Gasteiger partial charge in [-0.15, -0.1) is 0 Å². The minimum atomic E-state index is 0.699. The van der Waals surface area contributed by atoms with Crippen LogP contribution in [0.15, 0.2) is 36.7 Å². The Labute approximate surface area is 153 Å². The van der Waals surface area contributed by atoms with Crippen LogP contribution in [0.25, 0.3) is 0 Å². The van der Waals surface area contributed by atoms with Crippen LogP contribution in [0.2, 0.25) is 0 Å². The molecule has 0 saturated carbocycles. The fraction of sp³-hybridized carbons (Fsp3) is 0.565. The maximum absolute atomic E-state index is 4.52. The van der Waals surface area contributed by atoms with Crippen LogP contribution in [0.4, 0.5) is 0 Å². The zero-order chi connectivity index (χ0) is 17.8. The lowest BCUT2D eigenvalue weighted by molar-refractivity contribution is 0.423.